The molecular weight excluding hydrogens is 200 g/mol. The first-order valence-electron chi connectivity index (χ1n) is 6.28. The molecule has 1 atom stereocenters. The summed E-state index contributed by atoms with van der Waals surface area (Å²) in [5.74, 6) is 1.54. The Kier molecular flexibility index (Phi) is 3.88. The summed E-state index contributed by atoms with van der Waals surface area (Å²) < 4.78 is 0. The fourth-order valence-corrected chi connectivity index (χ4v) is 2.43. The molecule has 1 unspecified atom stereocenters. The van der Waals surface area contributed by atoms with Crippen LogP contribution in [0.4, 0.5) is 0 Å². The number of hydrogen-bond acceptors (Lipinski definition) is 3. The third kappa shape index (κ3) is 2.40. The average Bonchev–Trinajstić information content (AvgIpc) is 2.85. The second kappa shape index (κ2) is 5.39. The zero-order chi connectivity index (χ0) is 11.4. The van der Waals surface area contributed by atoms with Crippen LogP contribution in [0.15, 0.2) is 12.3 Å². The van der Waals surface area contributed by atoms with E-state index in [0.717, 1.165) is 12.2 Å². The Morgan fingerprint density at radius 1 is 1.44 bits per heavy atom. The second-order valence-electron chi connectivity index (χ2n) is 4.61. The molecule has 2 rings (SSSR count). The molecule has 0 aliphatic heterocycles. The lowest BCUT2D eigenvalue weighted by Gasteiger charge is -2.13. The van der Waals surface area contributed by atoms with Crippen molar-refractivity contribution in [2.45, 2.75) is 50.9 Å². The van der Waals surface area contributed by atoms with Crippen molar-refractivity contribution in [3.8, 4) is 0 Å². The van der Waals surface area contributed by atoms with Crippen LogP contribution in [-0.2, 0) is 0 Å². The molecule has 1 aliphatic rings. The van der Waals surface area contributed by atoms with Gasteiger partial charge in [-0.05, 0) is 25.3 Å². The normalized spacial score (nSPS) is 18.9. The summed E-state index contributed by atoms with van der Waals surface area (Å²) in [7, 11) is 0. The highest BCUT2D eigenvalue weighted by Gasteiger charge is 2.20. The minimum absolute atomic E-state index is 0.0985. The molecule has 1 N–H and O–H groups in total. The number of hydrogen-bond donors (Lipinski definition) is 1. The molecule has 3 nitrogen and oxygen atoms in total. The van der Waals surface area contributed by atoms with Gasteiger partial charge in [0.25, 0.3) is 0 Å². The average molecular weight is 220 g/mol. The maximum atomic E-state index is 9.26. The van der Waals surface area contributed by atoms with Gasteiger partial charge in [-0.3, -0.25) is 0 Å². The fourth-order valence-electron chi connectivity index (χ4n) is 2.43. The summed E-state index contributed by atoms with van der Waals surface area (Å²) in [5, 5.41) is 9.26. The molecule has 0 spiro atoms. The van der Waals surface area contributed by atoms with Gasteiger partial charge >= 0.3 is 0 Å². The standard InChI is InChI=1S/C13H20N2O/c1-2-10(9-16)13-14-8-7-12(15-13)11-5-3-4-6-11/h7-8,10-11,16H,2-6,9H2,1H3. The van der Waals surface area contributed by atoms with Crippen molar-refractivity contribution in [1.29, 1.82) is 0 Å². The molecule has 1 aromatic heterocycles. The number of aliphatic hydroxyl groups excluding tert-OH is 1. The third-order valence-corrected chi connectivity index (χ3v) is 3.55. The second-order valence-corrected chi connectivity index (χ2v) is 4.61. The van der Waals surface area contributed by atoms with Crippen molar-refractivity contribution < 1.29 is 5.11 Å². The smallest absolute Gasteiger partial charge is 0.133 e. The number of aliphatic hydroxyl groups is 1. The first kappa shape index (κ1) is 11.5. The van der Waals surface area contributed by atoms with E-state index in [2.05, 4.69) is 16.9 Å². The molecule has 88 valence electrons. The first-order chi connectivity index (χ1) is 7.85. The SMILES string of the molecule is CCC(CO)c1nccc(C2CCCC2)n1. The Hall–Kier alpha value is -0.960. The van der Waals surface area contributed by atoms with Gasteiger partial charge in [-0.15, -0.1) is 0 Å². The molecule has 0 saturated heterocycles. The van der Waals surface area contributed by atoms with Crippen LogP contribution >= 0.6 is 0 Å². The maximum absolute atomic E-state index is 9.26. The zero-order valence-corrected chi connectivity index (χ0v) is 9.89. The zero-order valence-electron chi connectivity index (χ0n) is 9.89. The third-order valence-electron chi connectivity index (χ3n) is 3.55. The van der Waals surface area contributed by atoms with Gasteiger partial charge < -0.3 is 5.11 Å². The predicted molar refractivity (Wildman–Crippen MR) is 63.4 cm³/mol. The van der Waals surface area contributed by atoms with Crippen molar-refractivity contribution in [3.63, 3.8) is 0 Å². The van der Waals surface area contributed by atoms with E-state index in [4.69, 9.17) is 0 Å². The van der Waals surface area contributed by atoms with E-state index >= 15 is 0 Å². The van der Waals surface area contributed by atoms with Crippen molar-refractivity contribution in [3.05, 3.63) is 23.8 Å². The van der Waals surface area contributed by atoms with Crippen LogP contribution in [0.2, 0.25) is 0 Å². The molecule has 0 amide bonds. The summed E-state index contributed by atoms with van der Waals surface area (Å²) >= 11 is 0. The van der Waals surface area contributed by atoms with Crippen LogP contribution in [-0.4, -0.2) is 21.7 Å². The van der Waals surface area contributed by atoms with E-state index in [9.17, 15) is 5.11 Å². The summed E-state index contributed by atoms with van der Waals surface area (Å²) in [5.41, 5.74) is 1.18. The molecule has 3 heteroatoms. The lowest BCUT2D eigenvalue weighted by Crippen LogP contribution is -2.10. The highest BCUT2D eigenvalue weighted by atomic mass is 16.3. The highest BCUT2D eigenvalue weighted by Crippen LogP contribution is 2.33. The minimum Gasteiger partial charge on any atom is -0.396 e. The minimum atomic E-state index is 0.0985. The highest BCUT2D eigenvalue weighted by molar-refractivity contribution is 5.11. The molecule has 1 fully saturated rings. The predicted octanol–water partition coefficient (Wildman–Crippen LogP) is 2.62. The van der Waals surface area contributed by atoms with E-state index in [1.165, 1.54) is 31.4 Å². The molecular formula is C13H20N2O. The number of rotatable bonds is 4. The van der Waals surface area contributed by atoms with Crippen molar-refractivity contribution >= 4 is 0 Å². The van der Waals surface area contributed by atoms with Gasteiger partial charge in [0.1, 0.15) is 5.82 Å². The first-order valence-corrected chi connectivity index (χ1v) is 6.28. The van der Waals surface area contributed by atoms with Gasteiger partial charge in [0.05, 0.1) is 6.61 Å². The van der Waals surface area contributed by atoms with Crippen LogP contribution in [0.25, 0.3) is 0 Å². The Balaban J connectivity index is 2.18. The van der Waals surface area contributed by atoms with Gasteiger partial charge in [-0.1, -0.05) is 19.8 Å². The van der Waals surface area contributed by atoms with E-state index in [0.29, 0.717) is 5.92 Å². The lowest BCUT2D eigenvalue weighted by molar-refractivity contribution is 0.257. The van der Waals surface area contributed by atoms with Gasteiger partial charge in [-0.25, -0.2) is 9.97 Å². The maximum Gasteiger partial charge on any atom is 0.133 e. The monoisotopic (exact) mass is 220 g/mol. The van der Waals surface area contributed by atoms with E-state index in [1.807, 2.05) is 12.3 Å². The molecule has 0 aromatic carbocycles. The molecule has 1 aromatic rings. The molecule has 0 radical (unpaired) electrons. The van der Waals surface area contributed by atoms with Gasteiger partial charge in [0.2, 0.25) is 0 Å². The molecule has 1 aliphatic carbocycles. The lowest BCUT2D eigenvalue weighted by atomic mass is 10.0. The van der Waals surface area contributed by atoms with Crippen LogP contribution in [0.1, 0.15) is 62.4 Å². The van der Waals surface area contributed by atoms with Crippen LogP contribution < -0.4 is 0 Å². The van der Waals surface area contributed by atoms with E-state index < -0.39 is 0 Å². The number of nitrogens with zero attached hydrogens (tertiary/aromatic N) is 2. The molecule has 16 heavy (non-hydrogen) atoms. The van der Waals surface area contributed by atoms with Gasteiger partial charge in [0, 0.05) is 23.7 Å². The quantitative estimate of drug-likeness (QED) is 0.848. The Bertz CT molecular complexity index is 313. The molecule has 1 heterocycles. The molecule has 1 saturated carbocycles. The van der Waals surface area contributed by atoms with Gasteiger partial charge in [-0.2, -0.15) is 0 Å². The van der Waals surface area contributed by atoms with Crippen molar-refractivity contribution in [2.24, 2.45) is 0 Å². The summed E-state index contributed by atoms with van der Waals surface area (Å²) in [6.45, 7) is 2.21. The summed E-state index contributed by atoms with van der Waals surface area (Å²) in [6.07, 6.45) is 7.89. The Labute approximate surface area is 96.9 Å². The van der Waals surface area contributed by atoms with Crippen molar-refractivity contribution in [1.82, 2.24) is 9.97 Å². The largest absolute Gasteiger partial charge is 0.396 e. The number of aromatic nitrogens is 2. The Morgan fingerprint density at radius 2 is 2.19 bits per heavy atom. The van der Waals surface area contributed by atoms with Gasteiger partial charge in [0.15, 0.2) is 0 Å². The van der Waals surface area contributed by atoms with Crippen LogP contribution in [0.3, 0.4) is 0 Å². The van der Waals surface area contributed by atoms with E-state index in [-0.39, 0.29) is 12.5 Å². The Morgan fingerprint density at radius 3 is 2.81 bits per heavy atom. The van der Waals surface area contributed by atoms with Crippen LogP contribution in [0.5, 0.6) is 0 Å². The fraction of sp³-hybridized carbons (Fsp3) is 0.692. The topological polar surface area (TPSA) is 46.0 Å². The van der Waals surface area contributed by atoms with Crippen LogP contribution in [0, 0.1) is 0 Å². The van der Waals surface area contributed by atoms with E-state index in [1.54, 1.807) is 0 Å². The molecule has 0 bridgehead atoms. The summed E-state index contributed by atoms with van der Waals surface area (Å²) in [4.78, 5) is 8.91. The van der Waals surface area contributed by atoms with Crippen molar-refractivity contribution in [2.75, 3.05) is 6.61 Å². The summed E-state index contributed by atoms with van der Waals surface area (Å²) in [6, 6.07) is 2.03.